The van der Waals surface area contributed by atoms with Gasteiger partial charge in [-0.05, 0) is 25.1 Å². The van der Waals surface area contributed by atoms with Gasteiger partial charge in [0.2, 0.25) is 5.91 Å². The molecule has 0 heterocycles. The van der Waals surface area contributed by atoms with E-state index in [1.54, 1.807) is 0 Å². The zero-order chi connectivity index (χ0) is 12.1. The lowest BCUT2D eigenvalue weighted by Crippen LogP contribution is -2.35. The summed E-state index contributed by atoms with van der Waals surface area (Å²) in [5, 5.41) is 2.75. The fourth-order valence-electron chi connectivity index (χ4n) is 1.43. The van der Waals surface area contributed by atoms with Crippen molar-refractivity contribution in [2.45, 2.75) is 6.92 Å². The molecule has 0 fully saturated rings. The average molecular weight is 286 g/mol. The predicted molar refractivity (Wildman–Crippen MR) is 70.5 cm³/mol. The third kappa shape index (κ3) is 3.41. The number of carbonyl (C=O) groups excluding carboxylic acids is 1. The number of nitrogens with zero attached hydrogens (tertiary/aromatic N) is 1. The summed E-state index contributed by atoms with van der Waals surface area (Å²) < 4.78 is 0.931. The Morgan fingerprint density at radius 2 is 2.25 bits per heavy atom. The molecule has 4 nitrogen and oxygen atoms in total. The molecule has 3 N–H and O–H groups in total. The van der Waals surface area contributed by atoms with Crippen molar-refractivity contribution in [3.05, 3.63) is 22.7 Å². The molecule has 0 spiro atoms. The van der Waals surface area contributed by atoms with Crippen LogP contribution in [0.2, 0.25) is 0 Å². The fourth-order valence-corrected chi connectivity index (χ4v) is 1.81. The number of benzene rings is 1. The second kappa shape index (κ2) is 5.75. The molecule has 88 valence electrons. The summed E-state index contributed by atoms with van der Waals surface area (Å²) in [6.45, 7) is 2.84. The van der Waals surface area contributed by atoms with Gasteiger partial charge in [0.1, 0.15) is 0 Å². The highest BCUT2D eigenvalue weighted by Crippen LogP contribution is 2.25. The Kier molecular flexibility index (Phi) is 4.61. The van der Waals surface area contributed by atoms with Crippen LogP contribution in [0.15, 0.2) is 22.7 Å². The molecule has 1 amide bonds. The molecule has 0 atom stereocenters. The predicted octanol–water partition coefficient (Wildman–Crippen LogP) is 1.60. The molecule has 0 aromatic heterocycles. The maximum absolute atomic E-state index is 11.4. The van der Waals surface area contributed by atoms with E-state index in [2.05, 4.69) is 21.2 Å². The van der Waals surface area contributed by atoms with E-state index in [4.69, 9.17) is 5.73 Å². The lowest BCUT2D eigenvalue weighted by molar-refractivity contribution is -0.119. The Morgan fingerprint density at radius 1 is 1.56 bits per heavy atom. The summed E-state index contributed by atoms with van der Waals surface area (Å²) in [6.07, 6.45) is 0. The standard InChI is InChI=1S/C11H16BrN3O/c1-3-14-11(16)7-15(2)10-5-4-8(12)6-9(10)13/h4-6H,3,7,13H2,1-2H3,(H,14,16). The van der Waals surface area contributed by atoms with Crippen LogP contribution in [0.5, 0.6) is 0 Å². The van der Waals surface area contributed by atoms with Crippen LogP contribution in [0.1, 0.15) is 6.92 Å². The van der Waals surface area contributed by atoms with E-state index in [0.717, 1.165) is 10.2 Å². The number of hydrogen-bond acceptors (Lipinski definition) is 3. The van der Waals surface area contributed by atoms with Crippen LogP contribution < -0.4 is 16.0 Å². The van der Waals surface area contributed by atoms with Crippen molar-refractivity contribution in [1.82, 2.24) is 5.32 Å². The monoisotopic (exact) mass is 285 g/mol. The zero-order valence-corrected chi connectivity index (χ0v) is 11.0. The van der Waals surface area contributed by atoms with E-state index < -0.39 is 0 Å². The van der Waals surface area contributed by atoms with Gasteiger partial charge in [0.05, 0.1) is 17.9 Å². The summed E-state index contributed by atoms with van der Waals surface area (Å²) in [5.74, 6) is -0.00711. The summed E-state index contributed by atoms with van der Waals surface area (Å²) in [7, 11) is 1.84. The van der Waals surface area contributed by atoms with Crippen LogP contribution in [0, 0.1) is 0 Å². The highest BCUT2D eigenvalue weighted by Gasteiger charge is 2.09. The highest BCUT2D eigenvalue weighted by atomic mass is 79.9. The molecule has 1 aromatic carbocycles. The van der Waals surface area contributed by atoms with E-state index in [1.165, 1.54) is 0 Å². The number of nitrogens with two attached hydrogens (primary N) is 1. The largest absolute Gasteiger partial charge is 0.397 e. The van der Waals surface area contributed by atoms with Gasteiger partial charge in [-0.25, -0.2) is 0 Å². The number of nitrogens with one attached hydrogen (secondary N) is 1. The molecule has 1 aromatic rings. The molecule has 0 aliphatic carbocycles. The molecule has 0 unspecified atom stereocenters. The summed E-state index contributed by atoms with van der Waals surface area (Å²) in [6, 6.07) is 5.61. The van der Waals surface area contributed by atoms with Crippen molar-refractivity contribution in [2.24, 2.45) is 0 Å². The van der Waals surface area contributed by atoms with Crippen molar-refractivity contribution in [3.8, 4) is 0 Å². The number of rotatable bonds is 4. The Bertz CT molecular complexity index is 381. The number of hydrogen-bond donors (Lipinski definition) is 2. The Morgan fingerprint density at radius 3 is 2.81 bits per heavy atom. The van der Waals surface area contributed by atoms with Gasteiger partial charge >= 0.3 is 0 Å². The van der Waals surface area contributed by atoms with Crippen LogP contribution in [-0.2, 0) is 4.79 Å². The topological polar surface area (TPSA) is 58.4 Å². The quantitative estimate of drug-likeness (QED) is 0.827. The van der Waals surface area contributed by atoms with Gasteiger partial charge in [0.15, 0.2) is 0 Å². The van der Waals surface area contributed by atoms with Gasteiger partial charge in [0.25, 0.3) is 0 Å². The minimum absolute atomic E-state index is 0.00711. The third-order valence-corrected chi connectivity index (χ3v) is 2.65. The van der Waals surface area contributed by atoms with E-state index in [9.17, 15) is 4.79 Å². The first-order valence-electron chi connectivity index (χ1n) is 5.07. The lowest BCUT2D eigenvalue weighted by Gasteiger charge is -2.20. The molecule has 0 saturated heterocycles. The fraction of sp³-hybridized carbons (Fsp3) is 0.364. The van der Waals surface area contributed by atoms with Crippen molar-refractivity contribution in [3.63, 3.8) is 0 Å². The average Bonchev–Trinajstić information content (AvgIpc) is 2.17. The van der Waals surface area contributed by atoms with E-state index in [-0.39, 0.29) is 5.91 Å². The molecular weight excluding hydrogens is 270 g/mol. The molecule has 16 heavy (non-hydrogen) atoms. The van der Waals surface area contributed by atoms with Crippen LogP contribution in [0.3, 0.4) is 0 Å². The van der Waals surface area contributed by atoms with Crippen LogP contribution in [0.25, 0.3) is 0 Å². The number of halogens is 1. The molecule has 0 aliphatic heterocycles. The number of anilines is 2. The number of carbonyl (C=O) groups is 1. The Hall–Kier alpha value is -1.23. The SMILES string of the molecule is CCNC(=O)CN(C)c1ccc(Br)cc1N. The molecule has 0 bridgehead atoms. The van der Waals surface area contributed by atoms with Gasteiger partial charge in [-0.15, -0.1) is 0 Å². The van der Waals surface area contributed by atoms with Gasteiger partial charge in [-0.2, -0.15) is 0 Å². The van der Waals surface area contributed by atoms with Crippen molar-refractivity contribution >= 4 is 33.2 Å². The minimum atomic E-state index is -0.00711. The molecular formula is C11H16BrN3O. The molecule has 5 heteroatoms. The first-order valence-corrected chi connectivity index (χ1v) is 5.86. The zero-order valence-electron chi connectivity index (χ0n) is 9.46. The minimum Gasteiger partial charge on any atom is -0.397 e. The van der Waals surface area contributed by atoms with Crippen molar-refractivity contribution < 1.29 is 4.79 Å². The second-order valence-corrected chi connectivity index (χ2v) is 4.43. The number of nitrogen functional groups attached to an aromatic ring is 1. The van der Waals surface area contributed by atoms with Crippen molar-refractivity contribution in [1.29, 1.82) is 0 Å². The van der Waals surface area contributed by atoms with Gasteiger partial charge < -0.3 is 16.0 Å². The van der Waals surface area contributed by atoms with E-state index >= 15 is 0 Å². The smallest absolute Gasteiger partial charge is 0.239 e. The van der Waals surface area contributed by atoms with Gasteiger partial charge in [0, 0.05) is 18.1 Å². The second-order valence-electron chi connectivity index (χ2n) is 3.51. The maximum Gasteiger partial charge on any atom is 0.239 e. The summed E-state index contributed by atoms with van der Waals surface area (Å²) >= 11 is 3.34. The van der Waals surface area contributed by atoms with E-state index in [0.29, 0.717) is 18.8 Å². The van der Waals surface area contributed by atoms with Crippen molar-refractivity contribution in [2.75, 3.05) is 30.8 Å². The van der Waals surface area contributed by atoms with Gasteiger partial charge in [-0.3, -0.25) is 4.79 Å². The highest BCUT2D eigenvalue weighted by molar-refractivity contribution is 9.10. The number of likely N-dealkylation sites (N-methyl/N-ethyl adjacent to an activating group) is 2. The first kappa shape index (κ1) is 12.8. The van der Waals surface area contributed by atoms with Gasteiger partial charge in [-0.1, -0.05) is 15.9 Å². The third-order valence-electron chi connectivity index (χ3n) is 2.16. The lowest BCUT2D eigenvalue weighted by atomic mass is 10.2. The Balaban J connectivity index is 2.72. The summed E-state index contributed by atoms with van der Waals surface area (Å²) in [4.78, 5) is 13.2. The van der Waals surface area contributed by atoms with E-state index in [1.807, 2.05) is 37.1 Å². The number of amides is 1. The van der Waals surface area contributed by atoms with Crippen LogP contribution >= 0.6 is 15.9 Å². The summed E-state index contributed by atoms with van der Waals surface area (Å²) in [5.41, 5.74) is 7.38. The van der Waals surface area contributed by atoms with Crippen LogP contribution in [0.4, 0.5) is 11.4 Å². The molecule has 0 saturated carbocycles. The molecule has 0 radical (unpaired) electrons. The molecule has 0 aliphatic rings. The first-order chi connectivity index (χ1) is 7.54. The molecule has 1 rings (SSSR count). The normalized spacial score (nSPS) is 9.94. The van der Waals surface area contributed by atoms with Crippen LogP contribution in [-0.4, -0.2) is 26.0 Å². The Labute approximate surface area is 104 Å². The maximum atomic E-state index is 11.4.